The van der Waals surface area contributed by atoms with Crippen LogP contribution in [0.3, 0.4) is 0 Å². The Balaban J connectivity index is 1.74. The first kappa shape index (κ1) is 18.8. The van der Waals surface area contributed by atoms with E-state index in [2.05, 4.69) is 15.2 Å². The van der Waals surface area contributed by atoms with E-state index in [1.807, 2.05) is 42.5 Å². The van der Waals surface area contributed by atoms with Gasteiger partial charge < -0.3 is 15.3 Å². The minimum Gasteiger partial charge on any atom is -0.396 e. The standard InChI is InChI=1S/C21H22ClN5O/c22-17-5-3-15(4-6-17)19-12-20(27-10-9-24-18(14-27)7-11-28)26-21(25-19)16-2-1-8-23-13-16/h1-6,8,12-13,18,24,28H,7,9-11,14H2/t18-/m0/s1. The molecule has 2 N–H and O–H groups in total. The average Bonchev–Trinajstić information content (AvgIpc) is 2.75. The lowest BCUT2D eigenvalue weighted by Crippen LogP contribution is -2.51. The molecule has 144 valence electrons. The van der Waals surface area contributed by atoms with Crippen molar-refractivity contribution >= 4 is 17.4 Å². The fraction of sp³-hybridized carbons (Fsp3) is 0.286. The van der Waals surface area contributed by atoms with Crippen molar-refractivity contribution in [2.45, 2.75) is 12.5 Å². The fourth-order valence-corrected chi connectivity index (χ4v) is 3.50. The molecule has 1 atom stereocenters. The van der Waals surface area contributed by atoms with Crippen molar-refractivity contribution in [3.63, 3.8) is 0 Å². The average molecular weight is 396 g/mol. The second-order valence-corrected chi connectivity index (χ2v) is 7.23. The Morgan fingerprint density at radius 2 is 2.00 bits per heavy atom. The van der Waals surface area contributed by atoms with Gasteiger partial charge in [-0.2, -0.15) is 0 Å². The Kier molecular flexibility index (Phi) is 5.81. The van der Waals surface area contributed by atoms with E-state index in [0.717, 1.165) is 48.7 Å². The zero-order chi connectivity index (χ0) is 19.3. The largest absolute Gasteiger partial charge is 0.396 e. The molecule has 3 aromatic rings. The molecule has 0 unspecified atom stereocenters. The van der Waals surface area contributed by atoms with E-state index >= 15 is 0 Å². The highest BCUT2D eigenvalue weighted by Gasteiger charge is 2.21. The first-order chi connectivity index (χ1) is 13.7. The van der Waals surface area contributed by atoms with Gasteiger partial charge in [-0.1, -0.05) is 23.7 Å². The maximum absolute atomic E-state index is 9.28. The number of aliphatic hydroxyl groups is 1. The molecule has 0 spiro atoms. The normalized spacial score (nSPS) is 16.9. The summed E-state index contributed by atoms with van der Waals surface area (Å²) in [5, 5.41) is 13.4. The van der Waals surface area contributed by atoms with Crippen molar-refractivity contribution < 1.29 is 5.11 Å². The highest BCUT2D eigenvalue weighted by atomic mass is 35.5. The Bertz CT molecular complexity index is 918. The molecular formula is C21H22ClN5O. The van der Waals surface area contributed by atoms with Crippen molar-refractivity contribution in [2.75, 3.05) is 31.1 Å². The monoisotopic (exact) mass is 395 g/mol. The van der Waals surface area contributed by atoms with Gasteiger partial charge in [-0.15, -0.1) is 0 Å². The second kappa shape index (κ2) is 8.65. The maximum atomic E-state index is 9.28. The molecule has 1 aliphatic heterocycles. The molecule has 6 nitrogen and oxygen atoms in total. The van der Waals surface area contributed by atoms with Crippen LogP contribution in [0.5, 0.6) is 0 Å². The molecule has 0 amide bonds. The number of aliphatic hydroxyl groups excluding tert-OH is 1. The number of rotatable bonds is 5. The summed E-state index contributed by atoms with van der Waals surface area (Å²) in [6.07, 6.45) is 4.24. The van der Waals surface area contributed by atoms with Crippen LogP contribution in [-0.4, -0.2) is 52.3 Å². The van der Waals surface area contributed by atoms with Gasteiger partial charge in [0.25, 0.3) is 0 Å². The summed E-state index contributed by atoms with van der Waals surface area (Å²) in [4.78, 5) is 16.1. The molecule has 4 rings (SSSR count). The third-order valence-electron chi connectivity index (χ3n) is 4.83. The zero-order valence-electron chi connectivity index (χ0n) is 15.4. The summed E-state index contributed by atoms with van der Waals surface area (Å²) < 4.78 is 0. The summed E-state index contributed by atoms with van der Waals surface area (Å²) in [6.45, 7) is 2.68. The third-order valence-corrected chi connectivity index (χ3v) is 5.08. The van der Waals surface area contributed by atoms with Gasteiger partial charge in [0.15, 0.2) is 5.82 Å². The van der Waals surface area contributed by atoms with E-state index < -0.39 is 0 Å². The van der Waals surface area contributed by atoms with Crippen LogP contribution < -0.4 is 10.2 Å². The van der Waals surface area contributed by atoms with Crippen LogP contribution in [-0.2, 0) is 0 Å². The highest BCUT2D eigenvalue weighted by Crippen LogP contribution is 2.27. The van der Waals surface area contributed by atoms with Crippen LogP contribution >= 0.6 is 11.6 Å². The number of aromatic nitrogens is 3. The predicted molar refractivity (Wildman–Crippen MR) is 111 cm³/mol. The van der Waals surface area contributed by atoms with Gasteiger partial charge in [0.2, 0.25) is 0 Å². The topological polar surface area (TPSA) is 74.2 Å². The molecule has 3 heterocycles. The molecule has 2 aromatic heterocycles. The van der Waals surface area contributed by atoms with E-state index in [1.165, 1.54) is 0 Å². The molecule has 28 heavy (non-hydrogen) atoms. The van der Waals surface area contributed by atoms with Crippen LogP contribution in [0.25, 0.3) is 22.6 Å². The molecule has 0 radical (unpaired) electrons. The predicted octanol–water partition coefficient (Wildman–Crippen LogP) is 3.02. The number of nitrogens with zero attached hydrogens (tertiary/aromatic N) is 4. The molecule has 1 saturated heterocycles. The smallest absolute Gasteiger partial charge is 0.163 e. The van der Waals surface area contributed by atoms with Crippen LogP contribution in [0.4, 0.5) is 5.82 Å². The minimum atomic E-state index is 0.173. The molecule has 0 bridgehead atoms. The molecule has 1 aliphatic rings. The number of hydrogen-bond donors (Lipinski definition) is 2. The lowest BCUT2D eigenvalue weighted by Gasteiger charge is -2.34. The summed E-state index contributed by atoms with van der Waals surface area (Å²) in [5.74, 6) is 1.52. The van der Waals surface area contributed by atoms with Gasteiger partial charge in [-0.05, 0) is 30.7 Å². The Morgan fingerprint density at radius 1 is 1.14 bits per heavy atom. The van der Waals surface area contributed by atoms with E-state index in [9.17, 15) is 5.11 Å². The number of pyridine rings is 1. The van der Waals surface area contributed by atoms with E-state index in [0.29, 0.717) is 10.8 Å². The first-order valence-corrected chi connectivity index (χ1v) is 9.75. The van der Waals surface area contributed by atoms with Crippen LogP contribution in [0, 0.1) is 0 Å². The number of benzene rings is 1. The van der Waals surface area contributed by atoms with Crippen molar-refractivity contribution in [3.8, 4) is 22.6 Å². The van der Waals surface area contributed by atoms with E-state index in [-0.39, 0.29) is 12.6 Å². The molecule has 1 aromatic carbocycles. The second-order valence-electron chi connectivity index (χ2n) is 6.79. The van der Waals surface area contributed by atoms with Gasteiger partial charge in [-0.25, -0.2) is 9.97 Å². The summed E-state index contributed by atoms with van der Waals surface area (Å²) in [6, 6.07) is 13.8. The molecule has 7 heteroatoms. The number of halogens is 1. The SMILES string of the molecule is OCC[C@H]1CN(c2cc(-c3ccc(Cl)cc3)nc(-c3cccnc3)n2)CCN1. The number of anilines is 1. The van der Waals surface area contributed by atoms with Gasteiger partial charge in [-0.3, -0.25) is 4.98 Å². The number of piperazine rings is 1. The number of nitrogens with one attached hydrogen (secondary N) is 1. The Morgan fingerprint density at radius 3 is 2.75 bits per heavy atom. The van der Waals surface area contributed by atoms with Gasteiger partial charge in [0.1, 0.15) is 5.82 Å². The van der Waals surface area contributed by atoms with Crippen molar-refractivity contribution in [1.29, 1.82) is 0 Å². The van der Waals surface area contributed by atoms with Gasteiger partial charge in [0.05, 0.1) is 5.69 Å². The van der Waals surface area contributed by atoms with Gasteiger partial charge >= 0.3 is 0 Å². The summed E-state index contributed by atoms with van der Waals surface area (Å²) in [7, 11) is 0. The third kappa shape index (κ3) is 4.30. The summed E-state index contributed by atoms with van der Waals surface area (Å²) in [5.41, 5.74) is 2.71. The Hall–Kier alpha value is -2.54. The summed E-state index contributed by atoms with van der Waals surface area (Å²) >= 11 is 6.05. The molecule has 1 fully saturated rings. The highest BCUT2D eigenvalue weighted by molar-refractivity contribution is 6.30. The van der Waals surface area contributed by atoms with Crippen molar-refractivity contribution in [2.24, 2.45) is 0 Å². The quantitative estimate of drug-likeness (QED) is 0.691. The van der Waals surface area contributed by atoms with Crippen LogP contribution in [0.2, 0.25) is 5.02 Å². The zero-order valence-corrected chi connectivity index (χ0v) is 16.2. The van der Waals surface area contributed by atoms with Gasteiger partial charge in [0, 0.05) is 66.9 Å². The number of hydrogen-bond acceptors (Lipinski definition) is 6. The van der Waals surface area contributed by atoms with Crippen molar-refractivity contribution in [1.82, 2.24) is 20.3 Å². The van der Waals surface area contributed by atoms with E-state index in [4.69, 9.17) is 21.6 Å². The molecule has 0 aliphatic carbocycles. The van der Waals surface area contributed by atoms with Crippen LogP contribution in [0.1, 0.15) is 6.42 Å². The molecule has 0 saturated carbocycles. The maximum Gasteiger partial charge on any atom is 0.163 e. The fourth-order valence-electron chi connectivity index (χ4n) is 3.37. The lowest BCUT2D eigenvalue weighted by atomic mass is 10.1. The van der Waals surface area contributed by atoms with E-state index in [1.54, 1.807) is 12.4 Å². The first-order valence-electron chi connectivity index (χ1n) is 9.37. The lowest BCUT2D eigenvalue weighted by molar-refractivity contribution is 0.260. The Labute approximate surface area is 169 Å². The molecular weight excluding hydrogens is 374 g/mol. The minimum absolute atomic E-state index is 0.173. The van der Waals surface area contributed by atoms with Crippen LogP contribution in [0.15, 0.2) is 54.9 Å². The van der Waals surface area contributed by atoms with Crippen molar-refractivity contribution in [3.05, 3.63) is 59.9 Å².